The molecular weight excluding hydrogens is 160 g/mol. The molecule has 1 aliphatic heterocycles. The molecule has 1 saturated heterocycles. The van der Waals surface area contributed by atoms with E-state index in [2.05, 4.69) is 10.3 Å². The van der Waals surface area contributed by atoms with E-state index in [1.165, 1.54) is 0 Å². The van der Waals surface area contributed by atoms with Gasteiger partial charge in [0, 0.05) is 18.1 Å². The van der Waals surface area contributed by atoms with E-state index in [1.54, 1.807) is 11.3 Å². The first kappa shape index (κ1) is 7.21. The van der Waals surface area contributed by atoms with Gasteiger partial charge < -0.3 is 10.1 Å². The minimum atomic E-state index is 0.323. The highest BCUT2D eigenvalue weighted by Gasteiger charge is 2.16. The molecule has 1 fully saturated rings. The molecule has 0 aromatic carbocycles. The van der Waals surface area contributed by atoms with E-state index in [4.69, 9.17) is 4.74 Å². The minimum Gasteiger partial charge on any atom is -0.378 e. The summed E-state index contributed by atoms with van der Waals surface area (Å²) in [5, 5.41) is 6.47. The largest absolute Gasteiger partial charge is 0.378 e. The molecule has 0 radical (unpaired) electrons. The molecule has 1 aromatic heterocycles. The lowest BCUT2D eigenvalue weighted by molar-refractivity contribution is 0.0768. The second-order valence-corrected chi connectivity index (χ2v) is 3.38. The van der Waals surface area contributed by atoms with Crippen LogP contribution >= 0.6 is 11.3 Å². The van der Waals surface area contributed by atoms with Crippen molar-refractivity contribution in [3.05, 3.63) is 16.6 Å². The molecule has 1 aromatic rings. The zero-order chi connectivity index (χ0) is 7.52. The minimum absolute atomic E-state index is 0.323. The van der Waals surface area contributed by atoms with Crippen molar-refractivity contribution in [3.8, 4) is 0 Å². The first-order chi connectivity index (χ1) is 5.47. The first-order valence-electron chi connectivity index (χ1n) is 3.67. The zero-order valence-corrected chi connectivity index (χ0v) is 6.93. The molecule has 3 nitrogen and oxygen atoms in total. The van der Waals surface area contributed by atoms with Gasteiger partial charge >= 0.3 is 0 Å². The van der Waals surface area contributed by atoms with Crippen LogP contribution in [0, 0.1) is 0 Å². The van der Waals surface area contributed by atoms with Crippen molar-refractivity contribution in [2.45, 2.75) is 6.04 Å². The van der Waals surface area contributed by atoms with Crippen molar-refractivity contribution in [3.63, 3.8) is 0 Å². The van der Waals surface area contributed by atoms with Gasteiger partial charge in [0.15, 0.2) is 0 Å². The highest BCUT2D eigenvalue weighted by atomic mass is 32.1. The van der Waals surface area contributed by atoms with Crippen LogP contribution in [0.15, 0.2) is 11.6 Å². The van der Waals surface area contributed by atoms with Crippen LogP contribution in [0.4, 0.5) is 0 Å². The zero-order valence-electron chi connectivity index (χ0n) is 6.12. The number of nitrogens with zero attached hydrogens (tertiary/aromatic N) is 1. The smallest absolute Gasteiger partial charge is 0.112 e. The number of ether oxygens (including phenoxy) is 1. The second kappa shape index (κ2) is 3.30. The van der Waals surface area contributed by atoms with E-state index in [0.29, 0.717) is 6.04 Å². The Labute approximate surface area is 69.4 Å². The summed E-state index contributed by atoms with van der Waals surface area (Å²) in [5.74, 6) is 0. The van der Waals surface area contributed by atoms with Gasteiger partial charge in [-0.05, 0) is 0 Å². The van der Waals surface area contributed by atoms with Gasteiger partial charge in [0.25, 0.3) is 0 Å². The van der Waals surface area contributed by atoms with E-state index in [-0.39, 0.29) is 0 Å². The monoisotopic (exact) mass is 170 g/mol. The van der Waals surface area contributed by atoms with E-state index < -0.39 is 0 Å². The summed E-state index contributed by atoms with van der Waals surface area (Å²) in [6.45, 7) is 2.51. The van der Waals surface area contributed by atoms with Crippen LogP contribution in [-0.4, -0.2) is 24.7 Å². The van der Waals surface area contributed by atoms with Crippen LogP contribution in [0.5, 0.6) is 0 Å². The second-order valence-electron chi connectivity index (χ2n) is 2.45. The molecule has 1 aliphatic rings. The predicted octanol–water partition coefficient (Wildman–Crippen LogP) is 0.804. The number of rotatable bonds is 1. The Morgan fingerprint density at radius 1 is 1.73 bits per heavy atom. The number of aromatic nitrogens is 1. The Bertz CT molecular complexity index is 206. The maximum atomic E-state index is 5.31. The molecule has 1 atom stereocenters. The molecule has 60 valence electrons. The quantitative estimate of drug-likeness (QED) is 0.677. The number of thiazole rings is 1. The molecule has 0 bridgehead atoms. The Morgan fingerprint density at radius 3 is 3.36 bits per heavy atom. The van der Waals surface area contributed by atoms with Crippen LogP contribution in [0.1, 0.15) is 11.0 Å². The number of morpholine rings is 1. The number of nitrogens with one attached hydrogen (secondary N) is 1. The average Bonchev–Trinajstić information content (AvgIpc) is 2.58. The molecule has 2 rings (SSSR count). The van der Waals surface area contributed by atoms with Gasteiger partial charge in [-0.2, -0.15) is 0 Å². The maximum absolute atomic E-state index is 5.31. The fraction of sp³-hybridized carbons (Fsp3) is 0.571. The summed E-state index contributed by atoms with van der Waals surface area (Å²) in [4.78, 5) is 4.22. The average molecular weight is 170 g/mol. The highest BCUT2D eigenvalue weighted by molar-refractivity contribution is 7.09. The summed E-state index contributed by atoms with van der Waals surface area (Å²) in [5.41, 5.74) is 0. The van der Waals surface area contributed by atoms with Crippen LogP contribution in [0.3, 0.4) is 0 Å². The van der Waals surface area contributed by atoms with Gasteiger partial charge in [0.1, 0.15) is 5.01 Å². The summed E-state index contributed by atoms with van der Waals surface area (Å²) >= 11 is 1.68. The van der Waals surface area contributed by atoms with Crippen molar-refractivity contribution in [1.29, 1.82) is 0 Å². The van der Waals surface area contributed by atoms with Gasteiger partial charge in [-0.25, -0.2) is 4.98 Å². The lowest BCUT2D eigenvalue weighted by atomic mass is 10.3. The van der Waals surface area contributed by atoms with Gasteiger partial charge in [0.2, 0.25) is 0 Å². The Balaban J connectivity index is 2.04. The van der Waals surface area contributed by atoms with Gasteiger partial charge in [0.05, 0.1) is 19.3 Å². The van der Waals surface area contributed by atoms with Crippen molar-refractivity contribution in [2.75, 3.05) is 19.8 Å². The predicted molar refractivity (Wildman–Crippen MR) is 43.7 cm³/mol. The molecule has 2 heterocycles. The Hall–Kier alpha value is -0.450. The lowest BCUT2D eigenvalue weighted by Crippen LogP contribution is -2.34. The molecular formula is C7H10N2OS. The summed E-state index contributed by atoms with van der Waals surface area (Å²) in [6.07, 6.45) is 1.83. The van der Waals surface area contributed by atoms with Crippen LogP contribution < -0.4 is 5.32 Å². The summed E-state index contributed by atoms with van der Waals surface area (Å²) < 4.78 is 5.31. The van der Waals surface area contributed by atoms with Crippen molar-refractivity contribution in [1.82, 2.24) is 10.3 Å². The molecule has 1 N–H and O–H groups in total. The van der Waals surface area contributed by atoms with Crippen molar-refractivity contribution in [2.24, 2.45) is 0 Å². The van der Waals surface area contributed by atoms with Crippen molar-refractivity contribution < 1.29 is 4.74 Å². The molecule has 0 spiro atoms. The summed E-state index contributed by atoms with van der Waals surface area (Å²) in [6, 6.07) is 0.323. The van der Waals surface area contributed by atoms with Gasteiger partial charge in [-0.1, -0.05) is 0 Å². The number of hydrogen-bond donors (Lipinski definition) is 1. The maximum Gasteiger partial charge on any atom is 0.112 e. The van der Waals surface area contributed by atoms with Crippen molar-refractivity contribution >= 4 is 11.3 Å². The van der Waals surface area contributed by atoms with Crippen LogP contribution in [-0.2, 0) is 4.74 Å². The van der Waals surface area contributed by atoms with E-state index in [9.17, 15) is 0 Å². The molecule has 0 saturated carbocycles. The Kier molecular flexibility index (Phi) is 2.16. The molecule has 11 heavy (non-hydrogen) atoms. The molecule has 0 amide bonds. The first-order valence-corrected chi connectivity index (χ1v) is 4.55. The number of hydrogen-bond acceptors (Lipinski definition) is 4. The molecule has 4 heteroatoms. The van der Waals surface area contributed by atoms with Gasteiger partial charge in [-0.15, -0.1) is 11.3 Å². The summed E-state index contributed by atoms with van der Waals surface area (Å²) in [7, 11) is 0. The standard InChI is InChI=1S/C7H10N2OS/c1-3-10-5-6(8-1)7-9-2-4-11-7/h2,4,6,8H,1,3,5H2. The van der Waals surface area contributed by atoms with E-state index >= 15 is 0 Å². The van der Waals surface area contributed by atoms with E-state index in [1.807, 2.05) is 11.6 Å². The third-order valence-electron chi connectivity index (χ3n) is 1.67. The Morgan fingerprint density at radius 2 is 2.73 bits per heavy atom. The van der Waals surface area contributed by atoms with Gasteiger partial charge in [-0.3, -0.25) is 0 Å². The molecule has 0 aliphatic carbocycles. The lowest BCUT2D eigenvalue weighted by Gasteiger charge is -2.21. The fourth-order valence-corrected chi connectivity index (χ4v) is 1.83. The molecule has 1 unspecified atom stereocenters. The van der Waals surface area contributed by atoms with E-state index in [0.717, 1.165) is 24.8 Å². The van der Waals surface area contributed by atoms with Crippen LogP contribution in [0.25, 0.3) is 0 Å². The SMILES string of the molecule is c1csc(C2COCCN2)n1. The van der Waals surface area contributed by atoms with Crippen LogP contribution in [0.2, 0.25) is 0 Å². The fourth-order valence-electron chi connectivity index (χ4n) is 1.13. The third-order valence-corrected chi connectivity index (χ3v) is 2.56. The topological polar surface area (TPSA) is 34.1 Å². The normalized spacial score (nSPS) is 25.3. The highest BCUT2D eigenvalue weighted by Crippen LogP contribution is 2.17. The third kappa shape index (κ3) is 1.58.